The molecule has 2 amide bonds. The Bertz CT molecular complexity index is 517. The monoisotopic (exact) mass is 278 g/mol. The molecule has 0 bridgehead atoms. The van der Waals surface area contributed by atoms with Gasteiger partial charge in [0.2, 0.25) is 5.91 Å². The van der Waals surface area contributed by atoms with E-state index in [2.05, 4.69) is 5.32 Å². The number of ether oxygens (including phenoxy) is 1. The number of β-lactam (4-membered cyclic amide) rings is 1. The van der Waals surface area contributed by atoms with Crippen molar-refractivity contribution in [2.45, 2.75) is 6.04 Å². The first-order valence-corrected chi connectivity index (χ1v) is 6.04. The van der Waals surface area contributed by atoms with Gasteiger partial charge in [-0.25, -0.2) is 0 Å². The molecule has 7 nitrogen and oxygen atoms in total. The lowest BCUT2D eigenvalue weighted by Crippen LogP contribution is -2.65. The quantitative estimate of drug-likeness (QED) is 0.682. The molecule has 1 aliphatic rings. The van der Waals surface area contributed by atoms with Crippen molar-refractivity contribution in [3.63, 3.8) is 0 Å². The van der Waals surface area contributed by atoms with Gasteiger partial charge < -0.3 is 20.1 Å². The second-order valence-corrected chi connectivity index (χ2v) is 4.33. The topological polar surface area (TPSA) is 95.9 Å². The van der Waals surface area contributed by atoms with E-state index in [1.165, 1.54) is 0 Å². The number of aliphatic carboxylic acids is 1. The standard InChI is InChI=1S/C13H14N2O5/c16-11(8-20-9-4-2-1-3-5-9)14-10-6-15(13(10)19)7-12(17)18/h1-5,10H,6-8H2,(H,14,16)(H,17,18). The molecule has 1 aromatic carbocycles. The van der Waals surface area contributed by atoms with Gasteiger partial charge >= 0.3 is 5.97 Å². The highest BCUT2D eigenvalue weighted by Gasteiger charge is 2.38. The summed E-state index contributed by atoms with van der Waals surface area (Å²) in [5, 5.41) is 11.0. The van der Waals surface area contributed by atoms with Crippen molar-refractivity contribution in [2.75, 3.05) is 19.7 Å². The molecule has 0 radical (unpaired) electrons. The number of likely N-dealkylation sites (tertiary alicyclic amines) is 1. The van der Waals surface area contributed by atoms with Crippen LogP contribution in [0.2, 0.25) is 0 Å². The third-order valence-corrected chi connectivity index (χ3v) is 2.79. The van der Waals surface area contributed by atoms with Crippen molar-refractivity contribution in [3.8, 4) is 5.75 Å². The van der Waals surface area contributed by atoms with Gasteiger partial charge in [0.1, 0.15) is 18.3 Å². The Balaban J connectivity index is 1.71. The zero-order valence-electron chi connectivity index (χ0n) is 10.6. The van der Waals surface area contributed by atoms with Gasteiger partial charge in [0, 0.05) is 0 Å². The molecule has 1 unspecified atom stereocenters. The van der Waals surface area contributed by atoms with Crippen LogP contribution in [0.3, 0.4) is 0 Å². The van der Waals surface area contributed by atoms with Gasteiger partial charge in [-0.15, -0.1) is 0 Å². The number of carbonyl (C=O) groups excluding carboxylic acids is 2. The molecule has 1 atom stereocenters. The van der Waals surface area contributed by atoms with Gasteiger partial charge in [-0.3, -0.25) is 14.4 Å². The fraction of sp³-hybridized carbons (Fsp3) is 0.308. The lowest BCUT2D eigenvalue weighted by atomic mass is 10.1. The van der Waals surface area contributed by atoms with Crippen molar-refractivity contribution >= 4 is 17.8 Å². The number of rotatable bonds is 6. The summed E-state index contributed by atoms with van der Waals surface area (Å²) in [6.07, 6.45) is 0. The summed E-state index contributed by atoms with van der Waals surface area (Å²) < 4.78 is 5.23. The highest BCUT2D eigenvalue weighted by molar-refractivity contribution is 5.94. The molecule has 106 valence electrons. The van der Waals surface area contributed by atoms with Gasteiger partial charge in [0.15, 0.2) is 6.61 Å². The zero-order valence-corrected chi connectivity index (χ0v) is 10.6. The normalized spacial score (nSPS) is 17.3. The van der Waals surface area contributed by atoms with Crippen LogP contribution in [0.4, 0.5) is 0 Å². The second-order valence-electron chi connectivity index (χ2n) is 4.33. The zero-order chi connectivity index (χ0) is 14.5. The number of para-hydroxylation sites is 1. The highest BCUT2D eigenvalue weighted by atomic mass is 16.5. The Morgan fingerprint density at radius 1 is 1.35 bits per heavy atom. The third kappa shape index (κ3) is 3.47. The first-order chi connectivity index (χ1) is 9.56. The summed E-state index contributed by atoms with van der Waals surface area (Å²) in [6, 6.07) is 8.18. The lowest BCUT2D eigenvalue weighted by molar-refractivity contribution is -0.153. The number of carboxylic acids is 1. The maximum Gasteiger partial charge on any atom is 0.323 e. The predicted molar refractivity (Wildman–Crippen MR) is 68.1 cm³/mol. The largest absolute Gasteiger partial charge is 0.484 e. The number of hydrogen-bond acceptors (Lipinski definition) is 4. The maximum atomic E-state index is 11.6. The van der Waals surface area contributed by atoms with Crippen LogP contribution in [0.25, 0.3) is 0 Å². The fourth-order valence-corrected chi connectivity index (χ4v) is 1.81. The summed E-state index contributed by atoms with van der Waals surface area (Å²) in [5.41, 5.74) is 0. The number of carboxylic acid groups (broad SMARTS) is 1. The highest BCUT2D eigenvalue weighted by Crippen LogP contribution is 2.10. The van der Waals surface area contributed by atoms with Gasteiger partial charge in [-0.05, 0) is 12.1 Å². The van der Waals surface area contributed by atoms with Crippen molar-refractivity contribution in [3.05, 3.63) is 30.3 Å². The van der Waals surface area contributed by atoms with Crippen LogP contribution in [0.5, 0.6) is 5.75 Å². The number of benzene rings is 1. The molecule has 1 heterocycles. The molecular formula is C13H14N2O5. The van der Waals surface area contributed by atoms with Crippen LogP contribution in [0.15, 0.2) is 30.3 Å². The van der Waals surface area contributed by atoms with E-state index < -0.39 is 17.9 Å². The average Bonchev–Trinajstić information content (AvgIpc) is 2.44. The Morgan fingerprint density at radius 2 is 2.05 bits per heavy atom. The first-order valence-electron chi connectivity index (χ1n) is 6.04. The number of nitrogens with one attached hydrogen (secondary N) is 1. The molecule has 2 rings (SSSR count). The molecule has 1 saturated heterocycles. The van der Waals surface area contributed by atoms with Gasteiger partial charge in [-0.2, -0.15) is 0 Å². The third-order valence-electron chi connectivity index (χ3n) is 2.79. The maximum absolute atomic E-state index is 11.6. The number of nitrogens with zero attached hydrogens (tertiary/aromatic N) is 1. The molecular weight excluding hydrogens is 264 g/mol. The van der Waals surface area contributed by atoms with Crippen LogP contribution in [0.1, 0.15) is 0 Å². The van der Waals surface area contributed by atoms with Gasteiger partial charge in [0.05, 0.1) is 6.54 Å². The number of hydrogen-bond donors (Lipinski definition) is 2. The van der Waals surface area contributed by atoms with Crippen molar-refractivity contribution in [1.82, 2.24) is 10.2 Å². The summed E-state index contributed by atoms with van der Waals surface area (Å²) >= 11 is 0. The Hall–Kier alpha value is -2.57. The summed E-state index contributed by atoms with van der Waals surface area (Å²) in [5.74, 6) is -1.31. The Labute approximate surface area is 115 Å². The smallest absolute Gasteiger partial charge is 0.323 e. The van der Waals surface area contributed by atoms with Crippen molar-refractivity contribution < 1.29 is 24.2 Å². The van der Waals surface area contributed by atoms with E-state index in [4.69, 9.17) is 9.84 Å². The Morgan fingerprint density at radius 3 is 2.65 bits per heavy atom. The average molecular weight is 278 g/mol. The van der Waals surface area contributed by atoms with Crippen molar-refractivity contribution in [1.29, 1.82) is 0 Å². The summed E-state index contributed by atoms with van der Waals surface area (Å²) in [6.45, 7) is -0.319. The van der Waals surface area contributed by atoms with E-state index in [1.54, 1.807) is 24.3 Å². The van der Waals surface area contributed by atoms with Gasteiger partial charge in [0.25, 0.3) is 5.91 Å². The van der Waals surface area contributed by atoms with E-state index in [-0.39, 0.29) is 25.6 Å². The van der Waals surface area contributed by atoms with E-state index >= 15 is 0 Å². The predicted octanol–water partition coefficient (Wildman–Crippen LogP) is -0.523. The molecule has 1 aromatic rings. The molecule has 2 N–H and O–H groups in total. The fourth-order valence-electron chi connectivity index (χ4n) is 1.81. The number of amides is 2. The van der Waals surface area contributed by atoms with Crippen LogP contribution in [-0.2, 0) is 14.4 Å². The van der Waals surface area contributed by atoms with Crippen LogP contribution >= 0.6 is 0 Å². The minimum Gasteiger partial charge on any atom is -0.484 e. The van der Waals surface area contributed by atoms with Crippen LogP contribution in [-0.4, -0.2) is 53.5 Å². The molecule has 1 fully saturated rings. The lowest BCUT2D eigenvalue weighted by Gasteiger charge is -2.37. The Kier molecular flexibility index (Phi) is 4.19. The van der Waals surface area contributed by atoms with Crippen LogP contribution in [0, 0.1) is 0 Å². The minimum atomic E-state index is -1.07. The SMILES string of the molecule is O=C(O)CN1CC(NC(=O)COc2ccccc2)C1=O. The van der Waals surface area contributed by atoms with Crippen LogP contribution < -0.4 is 10.1 Å². The van der Waals surface area contributed by atoms with E-state index in [0.717, 1.165) is 4.90 Å². The second kappa shape index (κ2) is 6.05. The molecule has 20 heavy (non-hydrogen) atoms. The summed E-state index contributed by atoms with van der Waals surface area (Å²) in [7, 11) is 0. The molecule has 7 heteroatoms. The van der Waals surface area contributed by atoms with Gasteiger partial charge in [-0.1, -0.05) is 18.2 Å². The molecule has 0 spiro atoms. The molecule has 1 aliphatic heterocycles. The number of carbonyl (C=O) groups is 3. The van der Waals surface area contributed by atoms with E-state index in [0.29, 0.717) is 5.75 Å². The van der Waals surface area contributed by atoms with E-state index in [1.807, 2.05) is 6.07 Å². The summed E-state index contributed by atoms with van der Waals surface area (Å²) in [4.78, 5) is 34.7. The minimum absolute atomic E-state index is 0.188. The van der Waals surface area contributed by atoms with E-state index in [9.17, 15) is 14.4 Å². The first kappa shape index (κ1) is 13.9. The molecule has 0 aromatic heterocycles. The molecule has 0 aliphatic carbocycles. The van der Waals surface area contributed by atoms with Crippen molar-refractivity contribution in [2.24, 2.45) is 0 Å². The molecule has 0 saturated carbocycles.